The zero-order valence-electron chi connectivity index (χ0n) is 15.0. The van der Waals surface area contributed by atoms with Gasteiger partial charge >= 0.3 is 0 Å². The van der Waals surface area contributed by atoms with Gasteiger partial charge in [-0.15, -0.1) is 0 Å². The molecular weight excluding hydrogens is 326 g/mol. The highest BCUT2D eigenvalue weighted by Gasteiger charge is 2.11. The topological polar surface area (TPSA) is 63.1 Å². The van der Waals surface area contributed by atoms with Crippen LogP contribution < -0.4 is 10.7 Å². The molecule has 0 bridgehead atoms. The molecule has 0 saturated carbocycles. The third-order valence-electron chi connectivity index (χ3n) is 4.15. The zero-order chi connectivity index (χ0) is 18.7. The lowest BCUT2D eigenvalue weighted by molar-refractivity contribution is 0.100. The second-order valence-electron chi connectivity index (χ2n) is 6.30. The normalized spacial score (nSPS) is 10.4. The van der Waals surface area contributed by atoms with E-state index in [0.29, 0.717) is 16.8 Å². The van der Waals surface area contributed by atoms with E-state index in [9.17, 15) is 9.59 Å². The third kappa shape index (κ3) is 3.83. The van der Waals surface area contributed by atoms with Crippen LogP contribution in [-0.2, 0) is 0 Å². The number of aryl methyl sites for hydroxylation is 3. The van der Waals surface area contributed by atoms with Crippen LogP contribution in [0, 0.1) is 20.8 Å². The Bertz CT molecular complexity index is 953. The number of hydrogen-bond donors (Lipinski definition) is 2. The first-order chi connectivity index (χ1) is 12.4. The number of rotatable bonds is 4. The Balaban J connectivity index is 1.75. The van der Waals surface area contributed by atoms with Gasteiger partial charge in [0.25, 0.3) is 11.8 Å². The van der Waals surface area contributed by atoms with Crippen molar-refractivity contribution in [1.82, 2.24) is 4.68 Å². The van der Waals surface area contributed by atoms with E-state index in [4.69, 9.17) is 0 Å². The first-order valence-electron chi connectivity index (χ1n) is 8.38. The Morgan fingerprint density at radius 3 is 2.04 bits per heavy atom. The lowest BCUT2D eigenvalue weighted by Gasteiger charge is -2.12. The standard InChI is InChI=1S/C21H21N3O2/c1-14-6-4-7-17(12-14)20(25)22-19-9-5-8-18(13-19)21(26)23-24-15(2)10-11-16(24)3/h4-13H,1-3H3,(H,22,25)(H,23,26). The van der Waals surface area contributed by atoms with E-state index in [-0.39, 0.29) is 11.8 Å². The molecule has 0 saturated heterocycles. The number of amides is 2. The molecule has 0 aliphatic heterocycles. The third-order valence-corrected chi connectivity index (χ3v) is 4.15. The molecule has 0 atom stereocenters. The molecule has 0 spiro atoms. The van der Waals surface area contributed by atoms with E-state index >= 15 is 0 Å². The Kier molecular flexibility index (Phi) is 4.89. The first-order valence-corrected chi connectivity index (χ1v) is 8.38. The minimum absolute atomic E-state index is 0.205. The fourth-order valence-corrected chi connectivity index (χ4v) is 2.74. The maximum atomic E-state index is 12.5. The summed E-state index contributed by atoms with van der Waals surface area (Å²) in [4.78, 5) is 24.9. The summed E-state index contributed by atoms with van der Waals surface area (Å²) in [6.07, 6.45) is 0. The molecule has 5 heteroatoms. The van der Waals surface area contributed by atoms with Gasteiger partial charge in [-0.05, 0) is 63.2 Å². The lowest BCUT2D eigenvalue weighted by atomic mass is 10.1. The molecule has 2 aromatic carbocycles. The van der Waals surface area contributed by atoms with Gasteiger partial charge < -0.3 is 5.32 Å². The van der Waals surface area contributed by atoms with Crippen LogP contribution >= 0.6 is 0 Å². The minimum atomic E-state index is -0.237. The van der Waals surface area contributed by atoms with Gasteiger partial charge in [0, 0.05) is 28.2 Å². The Morgan fingerprint density at radius 1 is 0.769 bits per heavy atom. The summed E-state index contributed by atoms with van der Waals surface area (Å²) in [5.41, 5.74) is 7.39. The molecule has 3 aromatic rings. The van der Waals surface area contributed by atoms with Gasteiger partial charge in [0.2, 0.25) is 0 Å². The Morgan fingerprint density at radius 2 is 1.38 bits per heavy atom. The van der Waals surface area contributed by atoms with E-state index < -0.39 is 0 Å². The van der Waals surface area contributed by atoms with Crippen LogP contribution in [0.1, 0.15) is 37.7 Å². The summed E-state index contributed by atoms with van der Waals surface area (Å²) in [6.45, 7) is 5.78. The van der Waals surface area contributed by atoms with Crippen LogP contribution in [0.2, 0.25) is 0 Å². The van der Waals surface area contributed by atoms with E-state index in [0.717, 1.165) is 17.0 Å². The highest BCUT2D eigenvalue weighted by molar-refractivity contribution is 6.06. The summed E-state index contributed by atoms with van der Waals surface area (Å²) in [6, 6.07) is 18.1. The van der Waals surface area contributed by atoms with Gasteiger partial charge in [-0.2, -0.15) is 0 Å². The Hall–Kier alpha value is -3.34. The quantitative estimate of drug-likeness (QED) is 0.748. The summed E-state index contributed by atoms with van der Waals surface area (Å²) in [5, 5.41) is 2.84. The smallest absolute Gasteiger partial charge is 0.270 e. The van der Waals surface area contributed by atoms with Crippen molar-refractivity contribution in [2.45, 2.75) is 20.8 Å². The van der Waals surface area contributed by atoms with Gasteiger partial charge in [-0.3, -0.25) is 19.7 Å². The zero-order valence-corrected chi connectivity index (χ0v) is 15.0. The molecule has 2 amide bonds. The van der Waals surface area contributed by atoms with Crippen molar-refractivity contribution in [3.63, 3.8) is 0 Å². The number of carbonyl (C=O) groups is 2. The summed E-state index contributed by atoms with van der Waals surface area (Å²) >= 11 is 0. The number of nitrogens with zero attached hydrogens (tertiary/aromatic N) is 1. The first kappa shape index (κ1) is 17.5. The van der Waals surface area contributed by atoms with E-state index in [2.05, 4.69) is 10.7 Å². The number of carbonyl (C=O) groups excluding carboxylic acids is 2. The molecule has 0 fully saturated rings. The second kappa shape index (κ2) is 7.27. The molecule has 1 aromatic heterocycles. The van der Waals surface area contributed by atoms with Crippen LogP contribution in [0.25, 0.3) is 0 Å². The SMILES string of the molecule is Cc1cccc(C(=O)Nc2cccc(C(=O)Nn3c(C)ccc3C)c2)c1. The number of nitrogens with one attached hydrogen (secondary N) is 2. The lowest BCUT2D eigenvalue weighted by Crippen LogP contribution is -2.24. The average molecular weight is 347 g/mol. The molecule has 5 nitrogen and oxygen atoms in total. The van der Waals surface area contributed by atoms with Crippen LogP contribution in [0.3, 0.4) is 0 Å². The van der Waals surface area contributed by atoms with Gasteiger partial charge in [0.05, 0.1) is 0 Å². The van der Waals surface area contributed by atoms with Crippen LogP contribution in [0.5, 0.6) is 0 Å². The summed E-state index contributed by atoms with van der Waals surface area (Å²) in [7, 11) is 0. The maximum absolute atomic E-state index is 12.5. The highest BCUT2D eigenvalue weighted by atomic mass is 16.2. The van der Waals surface area contributed by atoms with Crippen molar-refractivity contribution in [3.05, 3.63) is 88.7 Å². The summed E-state index contributed by atoms with van der Waals surface area (Å²) < 4.78 is 1.74. The van der Waals surface area contributed by atoms with Gasteiger partial charge in [0.15, 0.2) is 0 Å². The number of aromatic nitrogens is 1. The average Bonchev–Trinajstić information content (AvgIpc) is 2.94. The molecule has 0 aliphatic rings. The van der Waals surface area contributed by atoms with Crippen molar-refractivity contribution in [2.75, 3.05) is 10.7 Å². The molecule has 2 N–H and O–H groups in total. The molecule has 26 heavy (non-hydrogen) atoms. The van der Waals surface area contributed by atoms with Crippen LogP contribution in [-0.4, -0.2) is 16.5 Å². The fraction of sp³-hybridized carbons (Fsp3) is 0.143. The van der Waals surface area contributed by atoms with Gasteiger partial charge in [-0.1, -0.05) is 23.8 Å². The van der Waals surface area contributed by atoms with Gasteiger partial charge in [0.1, 0.15) is 0 Å². The molecule has 0 aliphatic carbocycles. The van der Waals surface area contributed by atoms with Crippen molar-refractivity contribution in [3.8, 4) is 0 Å². The van der Waals surface area contributed by atoms with E-state index in [1.54, 1.807) is 35.0 Å². The Labute approximate surface area is 152 Å². The van der Waals surface area contributed by atoms with Crippen molar-refractivity contribution >= 4 is 17.5 Å². The second-order valence-corrected chi connectivity index (χ2v) is 6.30. The fourth-order valence-electron chi connectivity index (χ4n) is 2.74. The van der Waals surface area contributed by atoms with Crippen molar-refractivity contribution in [1.29, 1.82) is 0 Å². The summed E-state index contributed by atoms with van der Waals surface area (Å²) in [5.74, 6) is -0.442. The predicted molar refractivity (Wildman–Crippen MR) is 103 cm³/mol. The molecule has 3 rings (SSSR count). The maximum Gasteiger partial charge on any atom is 0.270 e. The number of anilines is 1. The molecule has 132 valence electrons. The van der Waals surface area contributed by atoms with Gasteiger partial charge in [-0.25, -0.2) is 0 Å². The molecule has 0 radical (unpaired) electrons. The van der Waals surface area contributed by atoms with Crippen molar-refractivity contribution < 1.29 is 9.59 Å². The van der Waals surface area contributed by atoms with Crippen molar-refractivity contribution in [2.24, 2.45) is 0 Å². The van der Waals surface area contributed by atoms with Crippen LogP contribution in [0.4, 0.5) is 5.69 Å². The monoisotopic (exact) mass is 347 g/mol. The van der Waals surface area contributed by atoms with Crippen LogP contribution in [0.15, 0.2) is 60.7 Å². The van der Waals surface area contributed by atoms with E-state index in [1.165, 1.54) is 0 Å². The molecule has 0 unspecified atom stereocenters. The highest BCUT2D eigenvalue weighted by Crippen LogP contribution is 2.14. The largest absolute Gasteiger partial charge is 0.322 e. The minimum Gasteiger partial charge on any atom is -0.322 e. The predicted octanol–water partition coefficient (Wildman–Crippen LogP) is 4.05. The van der Waals surface area contributed by atoms with E-state index in [1.807, 2.05) is 51.1 Å². The molecular formula is C21H21N3O2. The number of benzene rings is 2. The molecule has 1 heterocycles. The number of hydrogen-bond acceptors (Lipinski definition) is 2.